The van der Waals surface area contributed by atoms with Crippen molar-refractivity contribution in [3.05, 3.63) is 33.1 Å². The van der Waals surface area contributed by atoms with Crippen LogP contribution in [0.3, 0.4) is 0 Å². The van der Waals surface area contributed by atoms with E-state index in [1.807, 2.05) is 7.05 Å². The van der Waals surface area contributed by atoms with Crippen LogP contribution in [-0.2, 0) is 0 Å². The van der Waals surface area contributed by atoms with E-state index in [4.69, 9.17) is 0 Å². The van der Waals surface area contributed by atoms with Crippen LogP contribution in [-0.4, -0.2) is 22.6 Å². The highest BCUT2D eigenvalue weighted by Crippen LogP contribution is 2.26. The normalized spacial score (nSPS) is 25.6. The lowest BCUT2D eigenvalue weighted by Gasteiger charge is -2.29. The van der Waals surface area contributed by atoms with Crippen LogP contribution in [0.1, 0.15) is 31.7 Å². The van der Waals surface area contributed by atoms with Gasteiger partial charge < -0.3 is 5.32 Å². The van der Waals surface area contributed by atoms with Gasteiger partial charge in [0.05, 0.1) is 0 Å². The zero-order valence-electron chi connectivity index (χ0n) is 9.40. The molecule has 0 aromatic carbocycles. The lowest BCUT2D eigenvalue weighted by molar-refractivity contribution is 0.293. The summed E-state index contributed by atoms with van der Waals surface area (Å²) in [5.74, 6) is 0. The first-order valence-electron chi connectivity index (χ1n) is 5.69. The molecule has 1 fully saturated rings. The molecule has 1 aromatic heterocycles. The van der Waals surface area contributed by atoms with Gasteiger partial charge in [-0.3, -0.25) is 14.3 Å². The third kappa shape index (κ3) is 2.24. The number of aromatic amines is 1. The number of nitrogens with zero attached hydrogens (tertiary/aromatic N) is 1. The Morgan fingerprint density at radius 1 is 1.31 bits per heavy atom. The summed E-state index contributed by atoms with van der Waals surface area (Å²) in [6.07, 6.45) is 5.72. The molecule has 0 amide bonds. The Bertz CT molecular complexity index is 455. The van der Waals surface area contributed by atoms with Gasteiger partial charge in [0.2, 0.25) is 0 Å². The summed E-state index contributed by atoms with van der Waals surface area (Å²) >= 11 is 0. The first kappa shape index (κ1) is 11.1. The highest BCUT2D eigenvalue weighted by Gasteiger charge is 2.21. The molecule has 2 rings (SSSR count). The predicted molar refractivity (Wildman–Crippen MR) is 61.7 cm³/mol. The lowest BCUT2D eigenvalue weighted by Crippen LogP contribution is -2.36. The van der Waals surface area contributed by atoms with Gasteiger partial charge in [-0.2, -0.15) is 0 Å². The van der Waals surface area contributed by atoms with Crippen LogP contribution < -0.4 is 16.6 Å². The minimum atomic E-state index is -0.329. The average molecular weight is 223 g/mol. The fraction of sp³-hybridized carbons (Fsp3) is 0.636. The van der Waals surface area contributed by atoms with Crippen molar-refractivity contribution < 1.29 is 0 Å². The molecule has 0 aliphatic heterocycles. The Morgan fingerprint density at radius 3 is 2.56 bits per heavy atom. The Kier molecular flexibility index (Phi) is 3.24. The van der Waals surface area contributed by atoms with E-state index in [0.717, 1.165) is 25.7 Å². The van der Waals surface area contributed by atoms with Gasteiger partial charge in [0.1, 0.15) is 0 Å². The third-order valence-corrected chi connectivity index (χ3v) is 3.35. The monoisotopic (exact) mass is 223 g/mol. The van der Waals surface area contributed by atoms with Crippen LogP contribution in [0.2, 0.25) is 0 Å². The Labute approximate surface area is 93.5 Å². The molecule has 1 heterocycles. The zero-order chi connectivity index (χ0) is 11.5. The molecule has 0 bridgehead atoms. The quantitative estimate of drug-likeness (QED) is 0.754. The van der Waals surface area contributed by atoms with Crippen LogP contribution >= 0.6 is 0 Å². The molecule has 1 saturated carbocycles. The molecule has 1 aliphatic rings. The molecule has 5 heteroatoms. The second-order valence-corrected chi connectivity index (χ2v) is 4.31. The fourth-order valence-electron chi connectivity index (χ4n) is 2.36. The molecule has 16 heavy (non-hydrogen) atoms. The first-order chi connectivity index (χ1) is 7.70. The second kappa shape index (κ2) is 4.65. The zero-order valence-corrected chi connectivity index (χ0v) is 9.40. The van der Waals surface area contributed by atoms with Gasteiger partial charge >= 0.3 is 5.69 Å². The average Bonchev–Trinajstić information content (AvgIpc) is 2.29. The van der Waals surface area contributed by atoms with E-state index >= 15 is 0 Å². The lowest BCUT2D eigenvalue weighted by atomic mass is 9.91. The summed E-state index contributed by atoms with van der Waals surface area (Å²) < 4.78 is 1.65. The molecule has 0 radical (unpaired) electrons. The summed E-state index contributed by atoms with van der Waals surface area (Å²) in [7, 11) is 1.97. The molecular weight excluding hydrogens is 206 g/mol. The highest BCUT2D eigenvalue weighted by atomic mass is 16.2. The molecule has 1 aliphatic carbocycles. The number of rotatable bonds is 2. The first-order valence-corrected chi connectivity index (χ1v) is 5.69. The number of nitrogens with one attached hydrogen (secondary N) is 2. The molecule has 0 saturated heterocycles. The number of aromatic nitrogens is 2. The maximum atomic E-state index is 11.6. The summed E-state index contributed by atoms with van der Waals surface area (Å²) in [6.45, 7) is 0. The van der Waals surface area contributed by atoms with Crippen molar-refractivity contribution in [2.24, 2.45) is 0 Å². The van der Waals surface area contributed by atoms with Crippen molar-refractivity contribution in [2.75, 3.05) is 7.05 Å². The predicted octanol–water partition coefficient (Wildman–Crippen LogP) is 0.240. The summed E-state index contributed by atoms with van der Waals surface area (Å²) in [5, 5.41) is 3.25. The smallest absolute Gasteiger partial charge is 0.317 e. The summed E-state index contributed by atoms with van der Waals surface area (Å²) in [6, 6.07) is 2.20. The highest BCUT2D eigenvalue weighted by molar-refractivity contribution is 4.88. The van der Waals surface area contributed by atoms with E-state index in [0.29, 0.717) is 6.04 Å². The SMILES string of the molecule is CNC1CCC(n2ccc(=O)[nH]c2=O)CC1. The van der Waals surface area contributed by atoms with E-state index in [9.17, 15) is 9.59 Å². The van der Waals surface area contributed by atoms with Gasteiger partial charge in [-0.05, 0) is 32.7 Å². The van der Waals surface area contributed by atoms with Crippen molar-refractivity contribution in [1.82, 2.24) is 14.9 Å². The Balaban J connectivity index is 2.14. The molecular formula is C11H17N3O2. The molecule has 5 nitrogen and oxygen atoms in total. The maximum Gasteiger partial charge on any atom is 0.328 e. The minimum Gasteiger partial charge on any atom is -0.317 e. The van der Waals surface area contributed by atoms with Crippen LogP contribution in [0, 0.1) is 0 Å². The van der Waals surface area contributed by atoms with Crippen LogP contribution in [0.25, 0.3) is 0 Å². The molecule has 88 valence electrons. The van der Waals surface area contributed by atoms with Crippen molar-refractivity contribution in [1.29, 1.82) is 0 Å². The Morgan fingerprint density at radius 2 is 2.00 bits per heavy atom. The molecule has 2 N–H and O–H groups in total. The number of hydrogen-bond acceptors (Lipinski definition) is 3. The van der Waals surface area contributed by atoms with E-state index in [1.165, 1.54) is 6.07 Å². The van der Waals surface area contributed by atoms with Gasteiger partial charge in [-0.15, -0.1) is 0 Å². The standard InChI is InChI=1S/C11H17N3O2/c1-12-8-2-4-9(5-3-8)14-7-6-10(15)13-11(14)16/h6-9,12H,2-5H2,1H3,(H,13,15,16). The van der Waals surface area contributed by atoms with Crippen molar-refractivity contribution in [3.63, 3.8) is 0 Å². The Hall–Kier alpha value is -1.36. The van der Waals surface area contributed by atoms with Crippen LogP contribution in [0.4, 0.5) is 0 Å². The summed E-state index contributed by atoms with van der Waals surface area (Å²) in [5.41, 5.74) is -0.620. The van der Waals surface area contributed by atoms with Crippen molar-refractivity contribution >= 4 is 0 Å². The topological polar surface area (TPSA) is 66.9 Å². The molecule has 0 unspecified atom stereocenters. The van der Waals surface area contributed by atoms with E-state index in [-0.39, 0.29) is 17.3 Å². The second-order valence-electron chi connectivity index (χ2n) is 4.31. The largest absolute Gasteiger partial charge is 0.328 e. The van der Waals surface area contributed by atoms with Gasteiger partial charge in [0.25, 0.3) is 5.56 Å². The van der Waals surface area contributed by atoms with E-state index < -0.39 is 0 Å². The molecule has 0 spiro atoms. The fourth-order valence-corrected chi connectivity index (χ4v) is 2.36. The van der Waals surface area contributed by atoms with Crippen LogP contribution in [0.15, 0.2) is 21.9 Å². The van der Waals surface area contributed by atoms with Crippen molar-refractivity contribution in [3.8, 4) is 0 Å². The van der Waals surface area contributed by atoms with E-state index in [2.05, 4.69) is 10.3 Å². The molecule has 1 aromatic rings. The van der Waals surface area contributed by atoms with Crippen molar-refractivity contribution in [2.45, 2.75) is 37.8 Å². The van der Waals surface area contributed by atoms with Crippen LogP contribution in [0.5, 0.6) is 0 Å². The van der Waals surface area contributed by atoms with E-state index in [1.54, 1.807) is 10.8 Å². The maximum absolute atomic E-state index is 11.6. The summed E-state index contributed by atoms with van der Waals surface area (Å²) in [4.78, 5) is 24.8. The number of H-pyrrole nitrogens is 1. The number of hydrogen-bond donors (Lipinski definition) is 2. The van der Waals surface area contributed by atoms with Gasteiger partial charge in [-0.25, -0.2) is 4.79 Å². The van der Waals surface area contributed by atoms with Gasteiger partial charge in [0, 0.05) is 24.3 Å². The third-order valence-electron chi connectivity index (χ3n) is 3.35. The molecule has 0 atom stereocenters. The minimum absolute atomic E-state index is 0.231. The van der Waals surface area contributed by atoms with Gasteiger partial charge in [0.15, 0.2) is 0 Å². The van der Waals surface area contributed by atoms with Gasteiger partial charge in [-0.1, -0.05) is 0 Å².